The summed E-state index contributed by atoms with van der Waals surface area (Å²) in [6, 6.07) is 44.4. The molecule has 0 saturated heterocycles. The van der Waals surface area contributed by atoms with Gasteiger partial charge in [-0.25, -0.2) is 0 Å². The van der Waals surface area contributed by atoms with Gasteiger partial charge in [-0.3, -0.25) is 0 Å². The third-order valence-corrected chi connectivity index (χ3v) is 13.7. The van der Waals surface area contributed by atoms with E-state index in [1.807, 2.05) is 0 Å². The summed E-state index contributed by atoms with van der Waals surface area (Å²) in [5, 5.41) is 5.64. The van der Waals surface area contributed by atoms with E-state index in [-0.39, 0.29) is 17.1 Å². The van der Waals surface area contributed by atoms with E-state index in [2.05, 4.69) is 212 Å². The smallest absolute Gasteiger partial charge is 0.0211 e. The van der Waals surface area contributed by atoms with Gasteiger partial charge in [0.15, 0.2) is 0 Å². The van der Waals surface area contributed by atoms with Crippen LogP contribution >= 0.6 is 15.8 Å². The van der Waals surface area contributed by atoms with E-state index in [1.54, 1.807) is 0 Å². The van der Waals surface area contributed by atoms with Crippen LogP contribution in [0.2, 0.25) is 0 Å². The molecule has 47 heavy (non-hydrogen) atoms. The Balaban J connectivity index is 0.000000208. The van der Waals surface area contributed by atoms with Crippen LogP contribution in [0.25, 0.3) is 0 Å². The van der Waals surface area contributed by atoms with E-state index in [1.165, 1.54) is 44.4 Å². The third kappa shape index (κ3) is 9.67. The van der Waals surface area contributed by atoms with Crippen molar-refractivity contribution in [1.29, 1.82) is 0 Å². The molecule has 2 fully saturated rings. The minimum absolute atomic E-state index is 0. The number of nitrogens with zero attached hydrogens (tertiary/aromatic N) is 2. The van der Waals surface area contributed by atoms with Gasteiger partial charge in [0, 0.05) is 52.3 Å². The maximum Gasteiger partial charge on any atom is 0.0211 e. The first kappa shape index (κ1) is 38.0. The van der Waals surface area contributed by atoms with Crippen molar-refractivity contribution in [2.45, 2.75) is 25.9 Å². The van der Waals surface area contributed by atoms with Gasteiger partial charge in [-0.2, -0.15) is 0 Å². The van der Waals surface area contributed by atoms with Crippen molar-refractivity contribution < 1.29 is 17.1 Å². The van der Waals surface area contributed by atoms with Gasteiger partial charge in [0.05, 0.1) is 0 Å². The Morgan fingerprint density at radius 1 is 0.404 bits per heavy atom. The molecule has 2 atom stereocenters. The molecule has 2 nitrogen and oxygen atoms in total. The van der Waals surface area contributed by atoms with Gasteiger partial charge in [0.2, 0.25) is 0 Å². The van der Waals surface area contributed by atoms with Crippen molar-refractivity contribution in [3.8, 4) is 0 Å². The summed E-state index contributed by atoms with van der Waals surface area (Å²) in [5.74, 6) is 2.88. The molecule has 5 heteroatoms. The molecule has 0 amide bonds. The molecular formula is C42H46FeN2P2. The zero-order valence-corrected chi connectivity index (χ0v) is 31.2. The second-order valence-electron chi connectivity index (χ2n) is 12.0. The molecule has 10 radical (unpaired) electrons. The van der Waals surface area contributed by atoms with Crippen molar-refractivity contribution in [3.63, 3.8) is 0 Å². The maximum atomic E-state index is 2.31. The predicted molar refractivity (Wildman–Crippen MR) is 203 cm³/mol. The average molecular weight is 697 g/mol. The first-order chi connectivity index (χ1) is 22.4. The Morgan fingerprint density at radius 3 is 0.894 bits per heavy atom. The van der Waals surface area contributed by atoms with Crippen LogP contribution in [0.1, 0.15) is 13.8 Å². The molecule has 2 aliphatic carbocycles. The molecule has 0 aromatic heterocycles. The second kappa shape index (κ2) is 18.8. The largest absolute Gasteiger partial charge is 0.306 e. The summed E-state index contributed by atoms with van der Waals surface area (Å²) in [7, 11) is 7.56. The fraction of sp³-hybridized carbons (Fsp3) is 0.190. The first-order valence-electron chi connectivity index (χ1n) is 16.0. The van der Waals surface area contributed by atoms with Crippen LogP contribution in [0, 0.1) is 61.7 Å². The molecule has 242 valence electrons. The Morgan fingerprint density at radius 2 is 0.660 bits per heavy atom. The summed E-state index contributed by atoms with van der Waals surface area (Å²) in [6.07, 6.45) is 13.6. The van der Waals surface area contributed by atoms with E-state index < -0.39 is 15.8 Å². The summed E-state index contributed by atoms with van der Waals surface area (Å²) in [6.45, 7) is 4.56. The zero-order valence-electron chi connectivity index (χ0n) is 28.3. The zero-order chi connectivity index (χ0) is 32.5. The van der Waals surface area contributed by atoms with Gasteiger partial charge < -0.3 is 9.80 Å². The SMILES string of the molecule is C[C@@H]([C]1[CH][CH][CH][C]1P(c1ccccc1)c1ccccc1)N(C)C.C[C@@H]([C]1[CH][CH][CH][C]1P(c1ccccc1)c1ccccc1)N(C)C.[Fe]. The molecule has 0 aliphatic heterocycles. The maximum absolute atomic E-state index is 2.31. The number of hydrogen-bond donors (Lipinski definition) is 0. The van der Waals surface area contributed by atoms with Gasteiger partial charge in [0.1, 0.15) is 0 Å². The average Bonchev–Trinajstić information content (AvgIpc) is 3.77. The first-order valence-corrected chi connectivity index (χ1v) is 18.7. The van der Waals surface area contributed by atoms with Crippen molar-refractivity contribution in [3.05, 3.63) is 183 Å². The fourth-order valence-electron chi connectivity index (χ4n) is 5.68. The van der Waals surface area contributed by atoms with E-state index in [9.17, 15) is 0 Å². The normalized spacial score (nSPS) is 17.6. The molecule has 0 bridgehead atoms. The number of hydrogen-bond acceptors (Lipinski definition) is 2. The quantitative estimate of drug-likeness (QED) is 0.125. The molecule has 2 aliphatic rings. The molecule has 0 heterocycles. The standard InChI is InChI=1S/2C21H23NP.Fe/c2*1-17(22(2)3)20-15-10-16-21(20)23(18-11-6-4-7-12-18)19-13-8-5-9-14-19;/h2*4-17H,1-3H3;/t2*17-;/m00./s1. The van der Waals surface area contributed by atoms with Gasteiger partial charge in [-0.1, -0.05) is 121 Å². The minimum Gasteiger partial charge on any atom is -0.306 e. The van der Waals surface area contributed by atoms with Gasteiger partial charge >= 0.3 is 0 Å². The predicted octanol–water partition coefficient (Wildman–Crippen LogP) is 7.60. The molecule has 0 unspecified atom stereocenters. The van der Waals surface area contributed by atoms with Crippen LogP contribution in [0.3, 0.4) is 0 Å². The molecule has 4 aromatic rings. The monoisotopic (exact) mass is 696 g/mol. The third-order valence-electron chi connectivity index (χ3n) is 8.64. The number of benzene rings is 4. The summed E-state index contributed by atoms with van der Waals surface area (Å²) in [5.41, 5.74) is 2.94. The Kier molecular flexibility index (Phi) is 15.2. The van der Waals surface area contributed by atoms with Crippen LogP contribution in [-0.4, -0.2) is 50.1 Å². The molecule has 0 spiro atoms. The van der Waals surface area contributed by atoms with E-state index in [0.717, 1.165) is 0 Å². The van der Waals surface area contributed by atoms with E-state index in [4.69, 9.17) is 0 Å². The van der Waals surface area contributed by atoms with Crippen LogP contribution in [0.4, 0.5) is 0 Å². The topological polar surface area (TPSA) is 6.48 Å². The van der Waals surface area contributed by atoms with E-state index >= 15 is 0 Å². The van der Waals surface area contributed by atoms with E-state index in [0.29, 0.717) is 12.1 Å². The fourth-order valence-corrected chi connectivity index (χ4v) is 10.8. The van der Waals surface area contributed by atoms with Crippen molar-refractivity contribution >= 4 is 37.1 Å². The summed E-state index contributed by atoms with van der Waals surface area (Å²) < 4.78 is 0. The molecule has 4 aromatic carbocycles. The van der Waals surface area contributed by atoms with Crippen LogP contribution in [0.15, 0.2) is 121 Å². The van der Waals surface area contributed by atoms with Crippen LogP contribution < -0.4 is 21.2 Å². The molecule has 2 saturated carbocycles. The minimum atomic E-state index is -0.514. The molecular weight excluding hydrogens is 650 g/mol. The molecule has 6 rings (SSSR count). The van der Waals surface area contributed by atoms with Crippen LogP contribution in [-0.2, 0) is 17.1 Å². The Labute approximate surface area is 299 Å². The number of rotatable bonds is 10. The summed E-state index contributed by atoms with van der Waals surface area (Å²) >= 11 is 0. The van der Waals surface area contributed by atoms with Gasteiger partial charge in [-0.05, 0) is 118 Å². The van der Waals surface area contributed by atoms with Gasteiger partial charge in [0.25, 0.3) is 0 Å². The second-order valence-corrected chi connectivity index (χ2v) is 16.4. The summed E-state index contributed by atoms with van der Waals surface area (Å²) in [4.78, 5) is 4.56. The van der Waals surface area contributed by atoms with Crippen molar-refractivity contribution in [2.75, 3.05) is 28.2 Å². The van der Waals surface area contributed by atoms with Crippen molar-refractivity contribution in [1.82, 2.24) is 9.80 Å². The Bertz CT molecular complexity index is 1230. The van der Waals surface area contributed by atoms with Crippen LogP contribution in [0.5, 0.6) is 0 Å². The molecule has 0 N–H and O–H groups in total. The Hall–Kier alpha value is -1.82. The van der Waals surface area contributed by atoms with Gasteiger partial charge in [-0.15, -0.1) is 0 Å². The van der Waals surface area contributed by atoms with Crippen molar-refractivity contribution in [2.24, 2.45) is 0 Å².